The van der Waals surface area contributed by atoms with Crippen molar-refractivity contribution in [2.45, 2.75) is 20.4 Å². The van der Waals surface area contributed by atoms with Gasteiger partial charge in [-0.2, -0.15) is 0 Å². The average Bonchev–Trinajstić information content (AvgIpc) is 2.46. The van der Waals surface area contributed by atoms with E-state index in [9.17, 15) is 4.79 Å². The third-order valence-electron chi connectivity index (χ3n) is 3.26. The van der Waals surface area contributed by atoms with E-state index in [-0.39, 0.29) is 5.91 Å². The van der Waals surface area contributed by atoms with Crippen LogP contribution in [-0.4, -0.2) is 22.3 Å². The number of rotatable bonds is 4. The lowest BCUT2D eigenvalue weighted by Gasteiger charge is -2.22. The molecule has 20 heavy (non-hydrogen) atoms. The summed E-state index contributed by atoms with van der Waals surface area (Å²) in [7, 11) is 0. The Morgan fingerprint density at radius 1 is 1.30 bits per heavy atom. The second-order valence-electron chi connectivity index (χ2n) is 4.61. The SMILES string of the molecule is CCN(Cc1ccccc1C)C(=O)c1ccnc(Cl)c1. The van der Waals surface area contributed by atoms with Crippen molar-refractivity contribution >= 4 is 17.5 Å². The molecule has 0 aliphatic rings. The summed E-state index contributed by atoms with van der Waals surface area (Å²) < 4.78 is 0. The van der Waals surface area contributed by atoms with Crippen molar-refractivity contribution in [2.75, 3.05) is 6.54 Å². The number of benzene rings is 1. The third kappa shape index (κ3) is 3.36. The fourth-order valence-corrected chi connectivity index (χ4v) is 2.21. The van der Waals surface area contributed by atoms with E-state index >= 15 is 0 Å². The number of carbonyl (C=O) groups is 1. The number of hydrogen-bond donors (Lipinski definition) is 0. The lowest BCUT2D eigenvalue weighted by atomic mass is 10.1. The first-order valence-electron chi connectivity index (χ1n) is 6.57. The van der Waals surface area contributed by atoms with Crippen LogP contribution in [0.25, 0.3) is 0 Å². The molecule has 0 saturated carbocycles. The van der Waals surface area contributed by atoms with Gasteiger partial charge in [-0.25, -0.2) is 4.98 Å². The zero-order valence-electron chi connectivity index (χ0n) is 11.6. The van der Waals surface area contributed by atoms with Crippen molar-refractivity contribution < 1.29 is 4.79 Å². The van der Waals surface area contributed by atoms with Gasteiger partial charge in [0.05, 0.1) is 0 Å². The summed E-state index contributed by atoms with van der Waals surface area (Å²) in [6, 6.07) is 11.4. The standard InChI is InChI=1S/C16H17ClN2O/c1-3-19(11-14-7-5-4-6-12(14)2)16(20)13-8-9-18-15(17)10-13/h4-10H,3,11H2,1-2H3. The molecular formula is C16H17ClN2O. The quantitative estimate of drug-likeness (QED) is 0.804. The first-order chi connectivity index (χ1) is 9.61. The number of aromatic nitrogens is 1. The molecular weight excluding hydrogens is 272 g/mol. The van der Waals surface area contributed by atoms with Crippen LogP contribution < -0.4 is 0 Å². The van der Waals surface area contributed by atoms with Gasteiger partial charge in [0, 0.05) is 24.8 Å². The van der Waals surface area contributed by atoms with Crippen molar-refractivity contribution in [2.24, 2.45) is 0 Å². The Morgan fingerprint density at radius 3 is 2.70 bits per heavy atom. The maximum Gasteiger partial charge on any atom is 0.254 e. The maximum atomic E-state index is 12.5. The number of halogens is 1. The Labute approximate surface area is 124 Å². The van der Waals surface area contributed by atoms with E-state index in [1.807, 2.05) is 25.1 Å². The van der Waals surface area contributed by atoms with Gasteiger partial charge >= 0.3 is 0 Å². The fraction of sp³-hybridized carbons (Fsp3) is 0.250. The molecule has 4 heteroatoms. The molecule has 3 nitrogen and oxygen atoms in total. The van der Waals surface area contributed by atoms with Gasteiger partial charge in [0.1, 0.15) is 5.15 Å². The molecule has 1 aromatic carbocycles. The van der Waals surface area contributed by atoms with Gasteiger partial charge in [-0.1, -0.05) is 35.9 Å². The Hall–Kier alpha value is -1.87. The summed E-state index contributed by atoms with van der Waals surface area (Å²) >= 11 is 5.84. The molecule has 2 aromatic rings. The van der Waals surface area contributed by atoms with Crippen molar-refractivity contribution in [3.05, 3.63) is 64.4 Å². The normalized spacial score (nSPS) is 10.3. The van der Waals surface area contributed by atoms with Crippen LogP contribution in [0.4, 0.5) is 0 Å². The average molecular weight is 289 g/mol. The van der Waals surface area contributed by atoms with Crippen molar-refractivity contribution in [1.29, 1.82) is 0 Å². The molecule has 0 saturated heterocycles. The minimum absolute atomic E-state index is 0.0277. The monoisotopic (exact) mass is 288 g/mol. The van der Waals surface area contributed by atoms with Gasteiger partial charge in [0.25, 0.3) is 5.91 Å². The molecule has 0 radical (unpaired) electrons. The third-order valence-corrected chi connectivity index (χ3v) is 3.47. The van der Waals surface area contributed by atoms with E-state index in [1.54, 1.807) is 23.2 Å². The van der Waals surface area contributed by atoms with E-state index in [0.29, 0.717) is 23.8 Å². The summed E-state index contributed by atoms with van der Waals surface area (Å²) in [5.74, 6) is -0.0277. The van der Waals surface area contributed by atoms with Crippen LogP contribution in [0.3, 0.4) is 0 Å². The smallest absolute Gasteiger partial charge is 0.254 e. The molecule has 0 N–H and O–H groups in total. The highest BCUT2D eigenvalue weighted by atomic mass is 35.5. The minimum Gasteiger partial charge on any atom is -0.335 e. The van der Waals surface area contributed by atoms with Gasteiger partial charge in [-0.15, -0.1) is 0 Å². The van der Waals surface area contributed by atoms with Gasteiger partial charge in [-0.3, -0.25) is 4.79 Å². The lowest BCUT2D eigenvalue weighted by molar-refractivity contribution is 0.0752. The highest BCUT2D eigenvalue weighted by Crippen LogP contribution is 2.14. The van der Waals surface area contributed by atoms with Crippen molar-refractivity contribution in [3.63, 3.8) is 0 Å². The summed E-state index contributed by atoms with van der Waals surface area (Å²) in [6.45, 7) is 5.27. The molecule has 0 atom stereocenters. The maximum absolute atomic E-state index is 12.5. The number of pyridine rings is 1. The molecule has 0 spiro atoms. The predicted octanol–water partition coefficient (Wildman–Crippen LogP) is 3.71. The zero-order chi connectivity index (χ0) is 14.5. The summed E-state index contributed by atoms with van der Waals surface area (Å²) in [6.07, 6.45) is 1.55. The zero-order valence-corrected chi connectivity index (χ0v) is 12.4. The topological polar surface area (TPSA) is 33.2 Å². The highest BCUT2D eigenvalue weighted by molar-refractivity contribution is 6.29. The molecule has 0 fully saturated rings. The number of carbonyl (C=O) groups excluding carboxylic acids is 1. The van der Waals surface area contributed by atoms with E-state index in [0.717, 1.165) is 5.56 Å². The lowest BCUT2D eigenvalue weighted by Crippen LogP contribution is -2.30. The molecule has 104 valence electrons. The Bertz CT molecular complexity index is 613. The molecule has 1 aromatic heterocycles. The van der Waals surface area contributed by atoms with E-state index < -0.39 is 0 Å². The Balaban J connectivity index is 2.20. The van der Waals surface area contributed by atoms with Crippen LogP contribution in [0.1, 0.15) is 28.4 Å². The molecule has 2 rings (SSSR count). The first kappa shape index (κ1) is 14.5. The molecule has 0 aliphatic heterocycles. The first-order valence-corrected chi connectivity index (χ1v) is 6.95. The molecule has 0 aliphatic carbocycles. The number of hydrogen-bond acceptors (Lipinski definition) is 2. The minimum atomic E-state index is -0.0277. The molecule has 1 heterocycles. The largest absolute Gasteiger partial charge is 0.335 e. The van der Waals surface area contributed by atoms with Crippen LogP contribution >= 0.6 is 11.6 Å². The van der Waals surface area contributed by atoms with Gasteiger partial charge in [0.2, 0.25) is 0 Å². The molecule has 0 bridgehead atoms. The summed E-state index contributed by atoms with van der Waals surface area (Å²) in [5, 5.41) is 0.336. The summed E-state index contributed by atoms with van der Waals surface area (Å²) in [5.41, 5.74) is 2.91. The number of amides is 1. The van der Waals surface area contributed by atoms with E-state index in [4.69, 9.17) is 11.6 Å². The van der Waals surface area contributed by atoms with Gasteiger partial charge in [0.15, 0.2) is 0 Å². The molecule has 1 amide bonds. The highest BCUT2D eigenvalue weighted by Gasteiger charge is 2.15. The van der Waals surface area contributed by atoms with E-state index in [1.165, 1.54) is 5.56 Å². The van der Waals surface area contributed by atoms with Crippen LogP contribution in [0.2, 0.25) is 5.15 Å². The van der Waals surface area contributed by atoms with Crippen molar-refractivity contribution in [3.8, 4) is 0 Å². The second kappa shape index (κ2) is 6.53. The number of aryl methyl sites for hydroxylation is 1. The van der Waals surface area contributed by atoms with Gasteiger partial charge in [-0.05, 0) is 37.1 Å². The number of nitrogens with zero attached hydrogens (tertiary/aromatic N) is 2. The van der Waals surface area contributed by atoms with Gasteiger partial charge < -0.3 is 4.90 Å². The predicted molar refractivity (Wildman–Crippen MR) is 80.8 cm³/mol. The Morgan fingerprint density at radius 2 is 2.05 bits per heavy atom. The van der Waals surface area contributed by atoms with Crippen LogP contribution in [0.15, 0.2) is 42.6 Å². The molecule has 0 unspecified atom stereocenters. The summed E-state index contributed by atoms with van der Waals surface area (Å²) in [4.78, 5) is 18.2. The fourth-order valence-electron chi connectivity index (χ4n) is 2.04. The van der Waals surface area contributed by atoms with Crippen LogP contribution in [0, 0.1) is 6.92 Å². The van der Waals surface area contributed by atoms with Crippen molar-refractivity contribution in [1.82, 2.24) is 9.88 Å². The van der Waals surface area contributed by atoms with Crippen LogP contribution in [-0.2, 0) is 6.54 Å². The second-order valence-corrected chi connectivity index (χ2v) is 5.00. The van der Waals surface area contributed by atoms with Crippen LogP contribution in [0.5, 0.6) is 0 Å². The Kier molecular flexibility index (Phi) is 4.74. The van der Waals surface area contributed by atoms with E-state index in [2.05, 4.69) is 18.0 Å².